The third-order valence-electron chi connectivity index (χ3n) is 4.14. The Bertz CT molecular complexity index is 629. The van der Waals surface area contributed by atoms with Gasteiger partial charge in [-0.25, -0.2) is 13.1 Å². The predicted molar refractivity (Wildman–Crippen MR) is 113 cm³/mol. The molecule has 1 saturated heterocycles. The summed E-state index contributed by atoms with van der Waals surface area (Å²) in [5.41, 5.74) is 0. The summed E-state index contributed by atoms with van der Waals surface area (Å²) < 4.78 is 26.9. The van der Waals surface area contributed by atoms with Gasteiger partial charge in [-0.05, 0) is 37.8 Å². The third-order valence-corrected chi connectivity index (χ3v) is 5.61. The summed E-state index contributed by atoms with van der Waals surface area (Å²) in [6.07, 6.45) is 2.34. The number of sulfonamides is 1. The van der Waals surface area contributed by atoms with E-state index in [1.807, 2.05) is 6.92 Å². The summed E-state index contributed by atoms with van der Waals surface area (Å²) in [5, 5.41) is 3.30. The van der Waals surface area contributed by atoms with Crippen molar-refractivity contribution in [1.82, 2.24) is 14.9 Å². The van der Waals surface area contributed by atoms with Crippen LogP contribution in [0.15, 0.2) is 40.2 Å². The van der Waals surface area contributed by atoms with Crippen LogP contribution in [0.5, 0.6) is 0 Å². The minimum atomic E-state index is -3.46. The standard InChI is InChI=1S/C17H28N4O2S.HI/c1-3-18-17(21-13-9-15(2)10-14-21)19-11-12-20-24(22,23)16-7-5-4-6-8-16;/h4-8,15,20H,3,9-14H2,1-2H3,(H,18,19);1H. The Kier molecular flexibility index (Phi) is 9.73. The van der Waals surface area contributed by atoms with Gasteiger partial charge in [0.2, 0.25) is 10.0 Å². The Balaban J connectivity index is 0.00000312. The largest absolute Gasteiger partial charge is 0.357 e. The van der Waals surface area contributed by atoms with Crippen LogP contribution in [0.4, 0.5) is 0 Å². The molecule has 142 valence electrons. The van der Waals surface area contributed by atoms with Crippen molar-refractivity contribution in [3.8, 4) is 0 Å². The number of guanidine groups is 1. The van der Waals surface area contributed by atoms with Crippen molar-refractivity contribution in [1.29, 1.82) is 0 Å². The number of nitrogens with one attached hydrogen (secondary N) is 2. The fourth-order valence-electron chi connectivity index (χ4n) is 2.67. The molecule has 8 heteroatoms. The first kappa shape index (κ1) is 22.2. The molecule has 0 unspecified atom stereocenters. The van der Waals surface area contributed by atoms with Crippen molar-refractivity contribution in [2.75, 3.05) is 32.7 Å². The molecule has 0 bridgehead atoms. The molecule has 1 fully saturated rings. The van der Waals surface area contributed by atoms with E-state index in [4.69, 9.17) is 0 Å². The van der Waals surface area contributed by atoms with E-state index >= 15 is 0 Å². The molecule has 0 saturated carbocycles. The number of hydrogen-bond donors (Lipinski definition) is 2. The predicted octanol–water partition coefficient (Wildman–Crippen LogP) is 2.28. The van der Waals surface area contributed by atoms with Gasteiger partial charge < -0.3 is 10.2 Å². The summed E-state index contributed by atoms with van der Waals surface area (Å²) in [5.74, 6) is 1.64. The van der Waals surface area contributed by atoms with Crippen LogP contribution >= 0.6 is 24.0 Å². The van der Waals surface area contributed by atoms with E-state index in [1.54, 1.807) is 30.3 Å². The lowest BCUT2D eigenvalue weighted by Gasteiger charge is -2.33. The molecule has 1 aliphatic heterocycles. The van der Waals surface area contributed by atoms with Crippen molar-refractivity contribution in [3.63, 3.8) is 0 Å². The molecule has 0 amide bonds. The van der Waals surface area contributed by atoms with Crippen LogP contribution in [0.2, 0.25) is 0 Å². The van der Waals surface area contributed by atoms with E-state index in [2.05, 4.69) is 26.9 Å². The maximum absolute atomic E-state index is 12.2. The highest BCUT2D eigenvalue weighted by Crippen LogP contribution is 2.15. The van der Waals surface area contributed by atoms with Gasteiger partial charge in [-0.1, -0.05) is 25.1 Å². The Morgan fingerprint density at radius 2 is 1.88 bits per heavy atom. The second-order valence-corrected chi connectivity index (χ2v) is 7.88. The number of piperidine rings is 1. The summed E-state index contributed by atoms with van der Waals surface area (Å²) in [6.45, 7) is 7.84. The molecular weight excluding hydrogens is 451 g/mol. The molecular formula is C17H29IN4O2S. The number of halogens is 1. The first-order valence-electron chi connectivity index (χ1n) is 8.61. The maximum atomic E-state index is 12.2. The van der Waals surface area contributed by atoms with Crippen molar-refractivity contribution in [2.24, 2.45) is 10.9 Å². The van der Waals surface area contributed by atoms with Crippen LogP contribution in [0.3, 0.4) is 0 Å². The number of hydrogen-bond acceptors (Lipinski definition) is 3. The van der Waals surface area contributed by atoms with Crippen LogP contribution in [0, 0.1) is 5.92 Å². The van der Waals surface area contributed by atoms with Crippen LogP contribution < -0.4 is 10.0 Å². The number of benzene rings is 1. The molecule has 1 heterocycles. The molecule has 0 aromatic heterocycles. The lowest BCUT2D eigenvalue weighted by Crippen LogP contribution is -2.45. The van der Waals surface area contributed by atoms with Crippen molar-refractivity contribution < 1.29 is 8.42 Å². The van der Waals surface area contributed by atoms with Gasteiger partial charge >= 0.3 is 0 Å². The molecule has 0 radical (unpaired) electrons. The first-order valence-corrected chi connectivity index (χ1v) is 10.1. The third kappa shape index (κ3) is 7.10. The van der Waals surface area contributed by atoms with Crippen LogP contribution in [0.25, 0.3) is 0 Å². The quantitative estimate of drug-likeness (QED) is 0.284. The van der Waals surface area contributed by atoms with Crippen molar-refractivity contribution >= 4 is 40.0 Å². The molecule has 2 N–H and O–H groups in total. The molecule has 2 rings (SSSR count). The van der Waals surface area contributed by atoms with Crippen molar-refractivity contribution in [3.05, 3.63) is 30.3 Å². The summed E-state index contributed by atoms with van der Waals surface area (Å²) in [7, 11) is -3.46. The van der Waals surface area contributed by atoms with Gasteiger partial charge in [0.25, 0.3) is 0 Å². The molecule has 1 aromatic rings. The van der Waals surface area contributed by atoms with Gasteiger partial charge in [-0.15, -0.1) is 24.0 Å². The van der Waals surface area contributed by atoms with E-state index in [0.29, 0.717) is 6.54 Å². The van der Waals surface area contributed by atoms with E-state index in [0.717, 1.165) is 31.5 Å². The maximum Gasteiger partial charge on any atom is 0.240 e. The number of nitrogens with zero attached hydrogens (tertiary/aromatic N) is 2. The molecule has 1 aromatic carbocycles. The monoisotopic (exact) mass is 480 g/mol. The van der Waals surface area contributed by atoms with Gasteiger partial charge in [0, 0.05) is 26.2 Å². The zero-order chi connectivity index (χ0) is 17.4. The average molecular weight is 480 g/mol. The Morgan fingerprint density at radius 3 is 2.48 bits per heavy atom. The van der Waals surface area contributed by atoms with Gasteiger partial charge in [0.1, 0.15) is 0 Å². The topological polar surface area (TPSA) is 73.8 Å². The fourth-order valence-corrected chi connectivity index (χ4v) is 3.71. The zero-order valence-corrected chi connectivity index (χ0v) is 18.1. The molecule has 0 atom stereocenters. The SMILES string of the molecule is CCNC(=NCCNS(=O)(=O)c1ccccc1)N1CCC(C)CC1.I. The van der Waals surface area contributed by atoms with E-state index < -0.39 is 10.0 Å². The number of likely N-dealkylation sites (tertiary alicyclic amines) is 1. The lowest BCUT2D eigenvalue weighted by atomic mass is 10.00. The summed E-state index contributed by atoms with van der Waals surface area (Å²) in [6, 6.07) is 8.40. The molecule has 0 aliphatic carbocycles. The van der Waals surface area contributed by atoms with E-state index in [9.17, 15) is 8.42 Å². The van der Waals surface area contributed by atoms with Gasteiger partial charge in [-0.2, -0.15) is 0 Å². The molecule has 1 aliphatic rings. The summed E-state index contributed by atoms with van der Waals surface area (Å²) >= 11 is 0. The minimum absolute atomic E-state index is 0. The highest BCUT2D eigenvalue weighted by atomic mass is 127. The van der Waals surface area contributed by atoms with Crippen molar-refractivity contribution in [2.45, 2.75) is 31.6 Å². The minimum Gasteiger partial charge on any atom is -0.357 e. The van der Waals surface area contributed by atoms with Gasteiger partial charge in [-0.3, -0.25) is 4.99 Å². The smallest absolute Gasteiger partial charge is 0.240 e. The highest BCUT2D eigenvalue weighted by Gasteiger charge is 2.18. The second-order valence-electron chi connectivity index (χ2n) is 6.12. The zero-order valence-electron chi connectivity index (χ0n) is 14.9. The fraction of sp³-hybridized carbons (Fsp3) is 0.588. The van der Waals surface area contributed by atoms with E-state index in [-0.39, 0.29) is 35.4 Å². The van der Waals surface area contributed by atoms with Crippen LogP contribution in [-0.4, -0.2) is 52.0 Å². The van der Waals surface area contributed by atoms with Crippen LogP contribution in [0.1, 0.15) is 26.7 Å². The lowest BCUT2D eigenvalue weighted by molar-refractivity contribution is 0.273. The Morgan fingerprint density at radius 1 is 1.24 bits per heavy atom. The molecule has 6 nitrogen and oxygen atoms in total. The first-order chi connectivity index (χ1) is 11.5. The Labute approximate surface area is 168 Å². The molecule has 25 heavy (non-hydrogen) atoms. The Hall–Kier alpha value is -0.870. The second kappa shape index (κ2) is 11.0. The van der Waals surface area contributed by atoms with Gasteiger partial charge in [0.05, 0.1) is 11.4 Å². The number of aliphatic imine (C=N–C) groups is 1. The van der Waals surface area contributed by atoms with Gasteiger partial charge in [0.15, 0.2) is 5.96 Å². The average Bonchev–Trinajstić information content (AvgIpc) is 2.59. The molecule has 0 spiro atoms. The highest BCUT2D eigenvalue weighted by molar-refractivity contribution is 14.0. The number of rotatable bonds is 6. The normalized spacial score (nSPS) is 16.4. The summed E-state index contributed by atoms with van der Waals surface area (Å²) in [4.78, 5) is 7.11. The van der Waals surface area contributed by atoms with E-state index in [1.165, 1.54) is 12.8 Å². The van der Waals surface area contributed by atoms with Crippen LogP contribution in [-0.2, 0) is 10.0 Å².